The Morgan fingerprint density at radius 2 is 1.77 bits per heavy atom. The minimum Gasteiger partial charge on any atom is -0.363 e. The zero-order valence-corrected chi connectivity index (χ0v) is 18.8. The molecule has 0 unspecified atom stereocenters. The van der Waals surface area contributed by atoms with Crippen molar-refractivity contribution in [2.75, 3.05) is 45.2 Å². The van der Waals surface area contributed by atoms with Gasteiger partial charge in [0, 0.05) is 65.4 Å². The van der Waals surface area contributed by atoms with Crippen molar-refractivity contribution in [2.45, 2.75) is 32.6 Å². The number of hydrogen-bond acceptors (Lipinski definition) is 5. The van der Waals surface area contributed by atoms with Gasteiger partial charge in [0.1, 0.15) is 12.1 Å². The summed E-state index contributed by atoms with van der Waals surface area (Å²) in [5.74, 6) is 1.23. The Hall–Kier alpha value is -2.96. The Labute approximate surface area is 185 Å². The number of carbonyl (C=O) groups is 2. The summed E-state index contributed by atoms with van der Waals surface area (Å²) in [6.45, 7) is 4.07. The lowest BCUT2D eigenvalue weighted by Crippen LogP contribution is -2.36. The molecule has 1 saturated heterocycles. The Morgan fingerprint density at radius 1 is 1.06 bits per heavy atom. The normalized spacial score (nSPS) is 16.7. The van der Waals surface area contributed by atoms with Crippen LogP contribution in [0.15, 0.2) is 42.7 Å². The number of aryl methyl sites for hydroxylation is 1. The number of hydrogen-bond donors (Lipinski definition) is 0. The van der Waals surface area contributed by atoms with Crippen LogP contribution in [0.25, 0.3) is 0 Å². The second-order valence-electron chi connectivity index (χ2n) is 8.48. The molecule has 0 bridgehead atoms. The maximum Gasteiger partial charge on any atom is 0.222 e. The van der Waals surface area contributed by atoms with Crippen LogP contribution >= 0.6 is 0 Å². The third-order valence-electron chi connectivity index (χ3n) is 5.76. The highest BCUT2D eigenvalue weighted by Crippen LogP contribution is 2.18. The predicted molar refractivity (Wildman–Crippen MR) is 122 cm³/mol. The molecule has 1 aromatic carbocycles. The molecule has 1 aliphatic heterocycles. The fraction of sp³-hybridized carbons (Fsp3) is 0.500. The molecule has 2 amide bonds. The Kier molecular flexibility index (Phi) is 7.98. The third kappa shape index (κ3) is 6.77. The largest absolute Gasteiger partial charge is 0.363 e. The van der Waals surface area contributed by atoms with Crippen LogP contribution in [0.1, 0.15) is 31.0 Å². The number of anilines is 1. The van der Waals surface area contributed by atoms with E-state index in [0.717, 1.165) is 24.4 Å². The Bertz CT molecular complexity index is 871. The van der Waals surface area contributed by atoms with Crippen molar-refractivity contribution >= 4 is 17.6 Å². The first-order valence-corrected chi connectivity index (χ1v) is 11.0. The SMILES string of the molecule is CC(=O)N1CCN(C(=O)CCCc2ccccc2)C[C@H](Cc2cc(N(C)C)ncn2)C1. The monoisotopic (exact) mass is 423 g/mol. The summed E-state index contributed by atoms with van der Waals surface area (Å²) in [5.41, 5.74) is 2.19. The van der Waals surface area contributed by atoms with E-state index in [4.69, 9.17) is 0 Å². The van der Waals surface area contributed by atoms with Crippen molar-refractivity contribution in [3.63, 3.8) is 0 Å². The zero-order valence-electron chi connectivity index (χ0n) is 18.8. The molecule has 0 spiro atoms. The number of benzene rings is 1. The smallest absolute Gasteiger partial charge is 0.222 e. The lowest BCUT2D eigenvalue weighted by atomic mass is 10.0. The van der Waals surface area contributed by atoms with Crippen LogP contribution in [0, 0.1) is 5.92 Å². The molecule has 31 heavy (non-hydrogen) atoms. The van der Waals surface area contributed by atoms with E-state index in [-0.39, 0.29) is 17.7 Å². The first kappa shape index (κ1) is 22.7. The van der Waals surface area contributed by atoms with Gasteiger partial charge in [-0.25, -0.2) is 9.97 Å². The third-order valence-corrected chi connectivity index (χ3v) is 5.76. The molecule has 166 valence electrons. The van der Waals surface area contributed by atoms with Crippen molar-refractivity contribution in [3.05, 3.63) is 54.0 Å². The number of amides is 2. The predicted octanol–water partition coefficient (Wildman–Crippen LogP) is 2.41. The molecule has 1 aromatic heterocycles. The van der Waals surface area contributed by atoms with E-state index in [0.29, 0.717) is 39.0 Å². The summed E-state index contributed by atoms with van der Waals surface area (Å²) in [5, 5.41) is 0. The minimum atomic E-state index is 0.0556. The van der Waals surface area contributed by atoms with Crippen molar-refractivity contribution in [2.24, 2.45) is 5.92 Å². The van der Waals surface area contributed by atoms with Gasteiger partial charge in [-0.05, 0) is 30.7 Å². The molecule has 1 fully saturated rings. The molecule has 0 aliphatic carbocycles. The second-order valence-corrected chi connectivity index (χ2v) is 8.48. The van der Waals surface area contributed by atoms with Crippen LogP contribution in [0.3, 0.4) is 0 Å². The van der Waals surface area contributed by atoms with E-state index in [1.807, 2.05) is 53.1 Å². The van der Waals surface area contributed by atoms with Crippen LogP contribution in [0.5, 0.6) is 0 Å². The lowest BCUT2D eigenvalue weighted by molar-refractivity contribution is -0.132. The molecule has 2 aromatic rings. The quantitative estimate of drug-likeness (QED) is 0.684. The minimum absolute atomic E-state index is 0.0556. The van der Waals surface area contributed by atoms with E-state index < -0.39 is 0 Å². The summed E-state index contributed by atoms with van der Waals surface area (Å²) in [4.78, 5) is 39.5. The number of rotatable bonds is 7. The molecule has 7 nitrogen and oxygen atoms in total. The second kappa shape index (κ2) is 10.9. The average Bonchev–Trinajstić information content (AvgIpc) is 2.97. The molecule has 0 N–H and O–H groups in total. The average molecular weight is 424 g/mol. The van der Waals surface area contributed by atoms with Crippen molar-refractivity contribution in [1.82, 2.24) is 19.8 Å². The van der Waals surface area contributed by atoms with Gasteiger partial charge in [0.25, 0.3) is 0 Å². The maximum atomic E-state index is 12.9. The first-order valence-electron chi connectivity index (χ1n) is 11.0. The summed E-state index contributed by atoms with van der Waals surface area (Å²) < 4.78 is 0. The van der Waals surface area contributed by atoms with Crippen molar-refractivity contribution in [1.29, 1.82) is 0 Å². The molecular formula is C24H33N5O2. The van der Waals surface area contributed by atoms with E-state index in [1.54, 1.807) is 13.3 Å². The van der Waals surface area contributed by atoms with E-state index >= 15 is 0 Å². The van der Waals surface area contributed by atoms with Crippen LogP contribution in [0.4, 0.5) is 5.82 Å². The van der Waals surface area contributed by atoms with Crippen molar-refractivity contribution < 1.29 is 9.59 Å². The van der Waals surface area contributed by atoms with Crippen LogP contribution in [-0.4, -0.2) is 71.9 Å². The summed E-state index contributed by atoms with van der Waals surface area (Å²) in [6, 6.07) is 12.2. The van der Waals surface area contributed by atoms with E-state index in [1.165, 1.54) is 5.56 Å². The highest BCUT2D eigenvalue weighted by Gasteiger charge is 2.27. The first-order chi connectivity index (χ1) is 14.9. The standard InChI is InChI=1S/C24H33N5O2/c1-19(30)28-12-13-29(24(31)11-7-10-20-8-5-4-6-9-20)17-21(16-28)14-22-15-23(27(2)3)26-18-25-22/h4-6,8-9,15,18,21H,7,10-14,16-17H2,1-3H3/t21-/m1/s1. The highest BCUT2D eigenvalue weighted by molar-refractivity contribution is 5.77. The Balaban J connectivity index is 1.63. The van der Waals surface area contributed by atoms with Gasteiger partial charge in [-0.1, -0.05) is 30.3 Å². The lowest BCUT2D eigenvalue weighted by Gasteiger charge is -2.24. The van der Waals surface area contributed by atoms with E-state index in [2.05, 4.69) is 22.1 Å². The van der Waals surface area contributed by atoms with Gasteiger partial charge in [-0.3, -0.25) is 9.59 Å². The summed E-state index contributed by atoms with van der Waals surface area (Å²) >= 11 is 0. The van der Waals surface area contributed by atoms with Crippen molar-refractivity contribution in [3.8, 4) is 0 Å². The highest BCUT2D eigenvalue weighted by atomic mass is 16.2. The number of aromatic nitrogens is 2. The zero-order chi connectivity index (χ0) is 22.2. The van der Waals surface area contributed by atoms with Gasteiger partial charge >= 0.3 is 0 Å². The molecule has 2 heterocycles. The molecular weight excluding hydrogens is 390 g/mol. The molecule has 0 radical (unpaired) electrons. The Morgan fingerprint density at radius 3 is 2.48 bits per heavy atom. The van der Waals surface area contributed by atoms with Gasteiger partial charge in [0.15, 0.2) is 0 Å². The van der Waals surface area contributed by atoms with Crippen LogP contribution in [-0.2, 0) is 22.4 Å². The van der Waals surface area contributed by atoms with Crippen LogP contribution in [0.2, 0.25) is 0 Å². The maximum absolute atomic E-state index is 12.9. The fourth-order valence-electron chi connectivity index (χ4n) is 4.03. The van der Waals surface area contributed by atoms with Gasteiger partial charge in [-0.2, -0.15) is 0 Å². The number of carbonyl (C=O) groups excluding carboxylic acids is 2. The molecule has 1 atom stereocenters. The summed E-state index contributed by atoms with van der Waals surface area (Å²) in [6.07, 6.45) is 4.55. The van der Waals surface area contributed by atoms with Gasteiger partial charge in [0.05, 0.1) is 0 Å². The topological polar surface area (TPSA) is 69.6 Å². The van der Waals surface area contributed by atoms with Gasteiger partial charge in [0.2, 0.25) is 11.8 Å². The van der Waals surface area contributed by atoms with E-state index in [9.17, 15) is 9.59 Å². The molecule has 0 saturated carbocycles. The van der Waals surface area contributed by atoms with Crippen LogP contribution < -0.4 is 4.90 Å². The molecule has 1 aliphatic rings. The molecule has 3 rings (SSSR count). The van der Waals surface area contributed by atoms with Gasteiger partial charge in [-0.15, -0.1) is 0 Å². The fourth-order valence-corrected chi connectivity index (χ4v) is 4.03. The van der Waals surface area contributed by atoms with Gasteiger partial charge < -0.3 is 14.7 Å². The summed E-state index contributed by atoms with van der Waals surface area (Å²) in [7, 11) is 3.90. The number of nitrogens with zero attached hydrogens (tertiary/aromatic N) is 5. The molecule has 7 heteroatoms.